The van der Waals surface area contributed by atoms with Gasteiger partial charge in [0.05, 0.1) is 10.9 Å². The van der Waals surface area contributed by atoms with Gasteiger partial charge in [0.15, 0.2) is 5.43 Å². The van der Waals surface area contributed by atoms with E-state index in [1.54, 1.807) is 6.20 Å². The first-order valence-electron chi connectivity index (χ1n) is 10.4. The Morgan fingerprint density at radius 2 is 2.03 bits per heavy atom. The predicted octanol–water partition coefficient (Wildman–Crippen LogP) is 2.22. The molecule has 0 aliphatic carbocycles. The van der Waals surface area contributed by atoms with Crippen LogP contribution in [0.5, 0.6) is 0 Å². The molecule has 0 amide bonds. The molecule has 6 heteroatoms. The van der Waals surface area contributed by atoms with Gasteiger partial charge >= 0.3 is 0 Å². The number of hydrogen-bond acceptors (Lipinski definition) is 3. The maximum atomic E-state index is 12.8. The lowest BCUT2D eigenvalue weighted by atomic mass is 9.90. The van der Waals surface area contributed by atoms with Gasteiger partial charge in [0.25, 0.3) is 0 Å². The number of benzene rings is 1. The number of nitrogens with zero attached hydrogens (tertiary/aromatic N) is 3. The zero-order valence-corrected chi connectivity index (χ0v) is 16.9. The largest absolute Gasteiger partial charge is 0.346 e. The minimum absolute atomic E-state index is 0.0801. The molecule has 146 valence electrons. The van der Waals surface area contributed by atoms with Crippen molar-refractivity contribution in [3.8, 4) is 0 Å². The SMILES string of the molecule is Bc1cn([C@H]2CN(Cc3ccccc3)CC[C@H]2C)c2c(cnc3[nH]ccc32)c1=O. The van der Waals surface area contributed by atoms with E-state index in [2.05, 4.69) is 62.9 Å². The molecule has 5 nitrogen and oxygen atoms in total. The normalized spacial score (nSPS) is 20.4. The quantitative estimate of drug-likeness (QED) is 0.551. The monoisotopic (exact) mass is 384 g/mol. The summed E-state index contributed by atoms with van der Waals surface area (Å²) in [6.45, 7) is 5.37. The average molecular weight is 384 g/mol. The third kappa shape index (κ3) is 3.17. The molecule has 1 fully saturated rings. The second kappa shape index (κ2) is 7.19. The van der Waals surface area contributed by atoms with Crippen molar-refractivity contribution in [1.82, 2.24) is 19.4 Å². The van der Waals surface area contributed by atoms with Crippen LogP contribution in [0, 0.1) is 5.92 Å². The lowest BCUT2D eigenvalue weighted by molar-refractivity contribution is 0.129. The number of aromatic amines is 1. The fourth-order valence-electron chi connectivity index (χ4n) is 4.71. The molecule has 5 rings (SSSR count). The molecule has 0 spiro atoms. The van der Waals surface area contributed by atoms with Crippen LogP contribution in [-0.2, 0) is 6.54 Å². The molecule has 1 aromatic carbocycles. The molecular weight excluding hydrogens is 359 g/mol. The van der Waals surface area contributed by atoms with Crippen molar-refractivity contribution in [2.45, 2.75) is 25.9 Å². The Hall–Kier alpha value is -2.86. The molecule has 0 bridgehead atoms. The molecule has 4 aromatic rings. The molecule has 4 heterocycles. The van der Waals surface area contributed by atoms with Crippen molar-refractivity contribution < 1.29 is 0 Å². The zero-order valence-electron chi connectivity index (χ0n) is 16.9. The van der Waals surface area contributed by atoms with E-state index in [1.165, 1.54) is 5.56 Å². The second-order valence-electron chi connectivity index (χ2n) is 8.36. The zero-order chi connectivity index (χ0) is 20.0. The van der Waals surface area contributed by atoms with Crippen LogP contribution in [0.4, 0.5) is 0 Å². The van der Waals surface area contributed by atoms with E-state index in [9.17, 15) is 4.79 Å². The minimum Gasteiger partial charge on any atom is -0.346 e. The number of rotatable bonds is 3. The number of fused-ring (bicyclic) bond motifs is 3. The summed E-state index contributed by atoms with van der Waals surface area (Å²) in [5.41, 5.74) is 4.04. The average Bonchev–Trinajstić information content (AvgIpc) is 3.22. The Bertz CT molecular complexity index is 1230. The highest BCUT2D eigenvalue weighted by Gasteiger charge is 2.29. The number of nitrogens with one attached hydrogen (secondary N) is 1. The topological polar surface area (TPSA) is 53.9 Å². The maximum Gasteiger partial charge on any atom is 0.184 e. The van der Waals surface area contributed by atoms with Crippen LogP contribution in [0.2, 0.25) is 0 Å². The third-order valence-corrected chi connectivity index (χ3v) is 6.36. The molecule has 0 radical (unpaired) electrons. The van der Waals surface area contributed by atoms with Gasteiger partial charge in [0.1, 0.15) is 13.5 Å². The first-order valence-corrected chi connectivity index (χ1v) is 10.4. The number of hydrogen-bond donors (Lipinski definition) is 1. The Morgan fingerprint density at radius 3 is 2.86 bits per heavy atom. The second-order valence-corrected chi connectivity index (χ2v) is 8.36. The van der Waals surface area contributed by atoms with E-state index in [0.717, 1.165) is 48.1 Å². The van der Waals surface area contributed by atoms with Crippen LogP contribution < -0.4 is 10.9 Å². The Morgan fingerprint density at radius 1 is 1.21 bits per heavy atom. The molecule has 1 aliphatic heterocycles. The lowest BCUT2D eigenvalue weighted by Crippen LogP contribution is -2.42. The van der Waals surface area contributed by atoms with Gasteiger partial charge < -0.3 is 9.55 Å². The lowest BCUT2D eigenvalue weighted by Gasteiger charge is -2.39. The van der Waals surface area contributed by atoms with Crippen LogP contribution in [0.25, 0.3) is 21.9 Å². The number of likely N-dealkylation sites (tertiary alicyclic amines) is 1. The van der Waals surface area contributed by atoms with E-state index in [1.807, 2.05) is 20.1 Å². The summed E-state index contributed by atoms with van der Waals surface area (Å²) in [7, 11) is 1.91. The van der Waals surface area contributed by atoms with Gasteiger partial charge in [-0.3, -0.25) is 9.69 Å². The predicted molar refractivity (Wildman–Crippen MR) is 121 cm³/mol. The van der Waals surface area contributed by atoms with Gasteiger partial charge in [-0.25, -0.2) is 4.98 Å². The van der Waals surface area contributed by atoms with Crippen molar-refractivity contribution in [1.29, 1.82) is 0 Å². The minimum atomic E-state index is 0.0801. The third-order valence-electron chi connectivity index (χ3n) is 6.36. The smallest absolute Gasteiger partial charge is 0.184 e. The molecule has 1 aliphatic rings. The van der Waals surface area contributed by atoms with Crippen molar-refractivity contribution in [3.05, 3.63) is 70.8 Å². The number of piperidine rings is 1. The number of pyridine rings is 2. The fourth-order valence-corrected chi connectivity index (χ4v) is 4.71. The highest BCUT2D eigenvalue weighted by atomic mass is 16.1. The van der Waals surface area contributed by atoms with E-state index in [0.29, 0.717) is 17.3 Å². The molecule has 0 saturated carbocycles. The molecule has 2 atom stereocenters. The molecule has 1 saturated heterocycles. The molecule has 3 aromatic heterocycles. The van der Waals surface area contributed by atoms with Crippen molar-refractivity contribution in [2.75, 3.05) is 13.1 Å². The van der Waals surface area contributed by atoms with Crippen molar-refractivity contribution in [2.24, 2.45) is 5.92 Å². The number of aromatic nitrogens is 3. The highest BCUT2D eigenvalue weighted by Crippen LogP contribution is 2.32. The fraction of sp³-hybridized carbons (Fsp3) is 0.304. The van der Waals surface area contributed by atoms with Gasteiger partial charge in [-0.1, -0.05) is 37.3 Å². The van der Waals surface area contributed by atoms with Gasteiger partial charge in [-0.05, 0) is 36.0 Å². The highest BCUT2D eigenvalue weighted by molar-refractivity contribution is 6.33. The Kier molecular flexibility index (Phi) is 4.51. The molecule has 0 unspecified atom stereocenters. The summed E-state index contributed by atoms with van der Waals surface area (Å²) < 4.78 is 2.35. The Balaban J connectivity index is 1.61. The summed E-state index contributed by atoms with van der Waals surface area (Å²) in [5.74, 6) is 0.536. The first kappa shape index (κ1) is 18.2. The first-order chi connectivity index (χ1) is 14.1. The number of H-pyrrole nitrogens is 1. The van der Waals surface area contributed by atoms with E-state index < -0.39 is 0 Å². The van der Waals surface area contributed by atoms with Crippen LogP contribution in [0.3, 0.4) is 0 Å². The van der Waals surface area contributed by atoms with Crippen LogP contribution >= 0.6 is 0 Å². The standard InChI is InChI=1S/C23H25BN4O/c1-15-8-10-27(12-16-5-3-2-4-6-16)14-20(15)28-13-19(24)22(29)18-11-26-23-17(21(18)28)7-9-25-23/h2-7,9,11,13,15,20H,8,10,12,14,24H2,1H3,(H,25,26)/t15-,20+/m1/s1. The molecular formula is C23H25BN4O. The van der Waals surface area contributed by atoms with E-state index in [-0.39, 0.29) is 5.43 Å². The van der Waals surface area contributed by atoms with Gasteiger partial charge in [0.2, 0.25) is 0 Å². The summed E-state index contributed by atoms with van der Waals surface area (Å²) in [5, 5.41) is 1.73. The summed E-state index contributed by atoms with van der Waals surface area (Å²) >= 11 is 0. The van der Waals surface area contributed by atoms with E-state index in [4.69, 9.17) is 0 Å². The van der Waals surface area contributed by atoms with Crippen molar-refractivity contribution >= 4 is 35.2 Å². The van der Waals surface area contributed by atoms with Gasteiger partial charge in [-0.15, -0.1) is 0 Å². The summed E-state index contributed by atoms with van der Waals surface area (Å²) in [6, 6.07) is 13.0. The van der Waals surface area contributed by atoms with Crippen LogP contribution in [0.15, 0.2) is 59.8 Å². The molecule has 29 heavy (non-hydrogen) atoms. The van der Waals surface area contributed by atoms with Crippen LogP contribution in [0.1, 0.15) is 24.9 Å². The summed E-state index contributed by atoms with van der Waals surface area (Å²) in [6.07, 6.45) is 6.84. The molecule has 1 N–H and O–H groups in total. The summed E-state index contributed by atoms with van der Waals surface area (Å²) in [4.78, 5) is 23.0. The van der Waals surface area contributed by atoms with Crippen LogP contribution in [-0.4, -0.2) is 40.4 Å². The van der Waals surface area contributed by atoms with Gasteiger partial charge in [0, 0.05) is 43.1 Å². The van der Waals surface area contributed by atoms with E-state index >= 15 is 0 Å². The van der Waals surface area contributed by atoms with Gasteiger partial charge in [-0.2, -0.15) is 0 Å². The Labute approximate surface area is 170 Å². The van der Waals surface area contributed by atoms with Crippen molar-refractivity contribution in [3.63, 3.8) is 0 Å². The maximum absolute atomic E-state index is 12.8.